The first-order chi connectivity index (χ1) is 15.8. The third-order valence-electron chi connectivity index (χ3n) is 4.51. The Labute approximate surface area is 191 Å². The van der Waals surface area contributed by atoms with Gasteiger partial charge in [0.25, 0.3) is 5.56 Å². The van der Waals surface area contributed by atoms with E-state index < -0.39 is 29.1 Å². The van der Waals surface area contributed by atoms with Crippen LogP contribution in [-0.2, 0) is 9.47 Å². The number of rotatable bonds is 7. The highest BCUT2D eigenvalue weighted by Crippen LogP contribution is 2.36. The van der Waals surface area contributed by atoms with Gasteiger partial charge in [-0.05, 0) is 38.5 Å². The van der Waals surface area contributed by atoms with Crippen molar-refractivity contribution in [2.45, 2.75) is 20.8 Å². The van der Waals surface area contributed by atoms with Crippen molar-refractivity contribution in [2.24, 2.45) is 4.99 Å². The average Bonchev–Trinajstić information content (AvgIpc) is 3.10. The number of nitrogens with one attached hydrogen (secondary N) is 1. The van der Waals surface area contributed by atoms with Crippen molar-refractivity contribution in [2.75, 3.05) is 13.2 Å². The Morgan fingerprint density at radius 2 is 1.76 bits per heavy atom. The fourth-order valence-electron chi connectivity index (χ4n) is 3.02. The van der Waals surface area contributed by atoms with E-state index in [0.29, 0.717) is 11.3 Å². The van der Waals surface area contributed by atoms with E-state index in [0.717, 1.165) is 22.1 Å². The van der Waals surface area contributed by atoms with Crippen LogP contribution in [0.1, 0.15) is 45.0 Å². The molecule has 0 aliphatic heterocycles. The molecule has 0 atom stereocenters. The molecule has 3 rings (SSSR count). The SMILES string of the molecule is CCOC(=O)c1sc(N=Cc2c(O)n(-c3ccccc3)c(=O)[nH]c2=O)c(C(=O)OCC)c1C. The maximum Gasteiger partial charge on any atom is 0.348 e. The molecule has 2 aromatic heterocycles. The summed E-state index contributed by atoms with van der Waals surface area (Å²) in [7, 11) is 0. The molecule has 172 valence electrons. The first-order valence-corrected chi connectivity index (χ1v) is 10.8. The number of aromatic nitrogens is 2. The highest BCUT2D eigenvalue weighted by molar-refractivity contribution is 7.18. The van der Waals surface area contributed by atoms with Gasteiger partial charge in [-0.15, -0.1) is 11.3 Å². The second-order valence-electron chi connectivity index (χ2n) is 6.60. The number of carbonyl (C=O) groups excluding carboxylic acids is 2. The van der Waals surface area contributed by atoms with Crippen molar-refractivity contribution in [1.82, 2.24) is 9.55 Å². The van der Waals surface area contributed by atoms with Crippen LogP contribution in [-0.4, -0.2) is 46.0 Å². The molecule has 33 heavy (non-hydrogen) atoms. The molecule has 1 aromatic carbocycles. The number of benzene rings is 1. The second-order valence-corrected chi connectivity index (χ2v) is 7.60. The third-order valence-corrected chi connectivity index (χ3v) is 5.69. The summed E-state index contributed by atoms with van der Waals surface area (Å²) < 4.78 is 11.0. The van der Waals surface area contributed by atoms with Gasteiger partial charge in [-0.25, -0.2) is 23.9 Å². The third kappa shape index (κ3) is 4.77. The van der Waals surface area contributed by atoms with Crippen LogP contribution in [0.4, 0.5) is 5.00 Å². The topological polar surface area (TPSA) is 140 Å². The molecular weight excluding hydrogens is 450 g/mol. The van der Waals surface area contributed by atoms with Gasteiger partial charge in [0.15, 0.2) is 0 Å². The molecule has 0 saturated carbocycles. The summed E-state index contributed by atoms with van der Waals surface area (Å²) >= 11 is 0.887. The van der Waals surface area contributed by atoms with Crippen molar-refractivity contribution in [3.8, 4) is 11.6 Å². The number of carbonyl (C=O) groups is 2. The van der Waals surface area contributed by atoms with E-state index in [9.17, 15) is 24.3 Å². The number of aromatic amines is 1. The molecule has 0 aliphatic rings. The molecule has 0 unspecified atom stereocenters. The number of H-pyrrole nitrogens is 1. The minimum absolute atomic E-state index is 0.0495. The molecule has 0 saturated heterocycles. The van der Waals surface area contributed by atoms with Crippen LogP contribution in [0, 0.1) is 6.92 Å². The molecule has 0 fully saturated rings. The lowest BCUT2D eigenvalue weighted by Gasteiger charge is -2.09. The lowest BCUT2D eigenvalue weighted by Crippen LogP contribution is -2.31. The van der Waals surface area contributed by atoms with E-state index in [-0.39, 0.29) is 34.2 Å². The van der Waals surface area contributed by atoms with Gasteiger partial charge < -0.3 is 14.6 Å². The summed E-state index contributed by atoms with van der Waals surface area (Å²) in [5, 5.41) is 10.7. The van der Waals surface area contributed by atoms with Crippen molar-refractivity contribution in [3.63, 3.8) is 0 Å². The molecule has 0 aliphatic carbocycles. The standard InChI is InChI=1S/C22H21N3O7S/c1-4-31-20(28)15-12(3)16(21(29)32-5-2)33-18(15)23-11-14-17(26)24-22(30)25(19(14)27)13-9-7-6-8-10-13/h6-11,27H,4-5H2,1-3H3,(H,24,26,30). The van der Waals surface area contributed by atoms with E-state index in [2.05, 4.69) is 9.98 Å². The highest BCUT2D eigenvalue weighted by Gasteiger charge is 2.26. The number of aliphatic imine (C=N–C) groups is 1. The van der Waals surface area contributed by atoms with E-state index in [1.54, 1.807) is 51.1 Å². The van der Waals surface area contributed by atoms with Crippen molar-refractivity contribution in [1.29, 1.82) is 0 Å². The summed E-state index contributed by atoms with van der Waals surface area (Å²) in [5.74, 6) is -1.94. The van der Waals surface area contributed by atoms with Gasteiger partial charge in [0, 0.05) is 6.21 Å². The average molecular weight is 471 g/mol. The lowest BCUT2D eigenvalue weighted by atomic mass is 10.1. The van der Waals surface area contributed by atoms with Crippen molar-refractivity contribution in [3.05, 3.63) is 72.7 Å². The molecule has 2 N–H and O–H groups in total. The van der Waals surface area contributed by atoms with Crippen LogP contribution in [0.15, 0.2) is 44.9 Å². The Kier molecular flexibility index (Phi) is 7.23. The molecule has 10 nitrogen and oxygen atoms in total. The molecule has 0 spiro atoms. The molecule has 2 heterocycles. The van der Waals surface area contributed by atoms with Gasteiger partial charge in [0.2, 0.25) is 5.88 Å². The van der Waals surface area contributed by atoms with Crippen molar-refractivity contribution < 1.29 is 24.2 Å². The predicted octanol–water partition coefficient (Wildman–Crippen LogP) is 2.71. The molecule has 3 aromatic rings. The molecule has 0 bridgehead atoms. The molecule has 0 radical (unpaired) electrons. The van der Waals surface area contributed by atoms with Crippen LogP contribution < -0.4 is 11.2 Å². The predicted molar refractivity (Wildman–Crippen MR) is 123 cm³/mol. The maximum atomic E-state index is 12.5. The van der Waals surface area contributed by atoms with Crippen LogP contribution in [0.3, 0.4) is 0 Å². The highest BCUT2D eigenvalue weighted by atomic mass is 32.1. The zero-order valence-corrected chi connectivity index (χ0v) is 18.9. The smallest absolute Gasteiger partial charge is 0.348 e. The number of para-hydroxylation sites is 1. The molecule has 11 heteroatoms. The number of ether oxygens (including phenoxy) is 2. The number of aromatic hydroxyl groups is 1. The zero-order chi connectivity index (χ0) is 24.1. The van der Waals surface area contributed by atoms with E-state index >= 15 is 0 Å². The summed E-state index contributed by atoms with van der Waals surface area (Å²) in [4.78, 5) is 55.9. The molecular formula is C22H21N3O7S. The Hall–Kier alpha value is -3.99. The van der Waals surface area contributed by atoms with Crippen LogP contribution in [0.2, 0.25) is 0 Å². The first kappa shape index (κ1) is 23.7. The van der Waals surface area contributed by atoms with Crippen LogP contribution in [0.25, 0.3) is 5.69 Å². The van der Waals surface area contributed by atoms with Gasteiger partial charge >= 0.3 is 17.6 Å². The number of nitrogens with zero attached hydrogens (tertiary/aromatic N) is 2. The summed E-state index contributed by atoms with van der Waals surface area (Å²) in [6.07, 6.45) is 1.02. The Balaban J connectivity index is 2.14. The van der Waals surface area contributed by atoms with Gasteiger partial charge in [-0.3, -0.25) is 9.78 Å². The number of hydrogen-bond donors (Lipinski definition) is 2. The van der Waals surface area contributed by atoms with Crippen molar-refractivity contribution >= 4 is 34.5 Å². The van der Waals surface area contributed by atoms with Gasteiger partial charge in [0.1, 0.15) is 21.0 Å². The number of thiophene rings is 1. The largest absolute Gasteiger partial charge is 0.493 e. The zero-order valence-electron chi connectivity index (χ0n) is 18.1. The minimum atomic E-state index is -0.870. The van der Waals surface area contributed by atoms with Gasteiger partial charge in [0.05, 0.1) is 18.9 Å². The number of hydrogen-bond acceptors (Lipinski definition) is 9. The Bertz CT molecular complexity index is 1340. The fourth-order valence-corrected chi connectivity index (χ4v) is 4.05. The van der Waals surface area contributed by atoms with E-state index in [1.807, 2.05) is 0 Å². The maximum absolute atomic E-state index is 12.5. The van der Waals surface area contributed by atoms with Crippen LogP contribution >= 0.6 is 11.3 Å². The van der Waals surface area contributed by atoms with E-state index in [4.69, 9.17) is 9.47 Å². The van der Waals surface area contributed by atoms with Gasteiger partial charge in [-0.2, -0.15) is 0 Å². The summed E-state index contributed by atoms with van der Waals surface area (Å²) in [6.45, 7) is 5.11. The first-order valence-electron chi connectivity index (χ1n) is 9.95. The monoisotopic (exact) mass is 471 g/mol. The minimum Gasteiger partial charge on any atom is -0.493 e. The van der Waals surface area contributed by atoms with E-state index in [1.165, 1.54) is 0 Å². The normalized spacial score (nSPS) is 11.0. The summed E-state index contributed by atoms with van der Waals surface area (Å²) in [5.41, 5.74) is -1.30. The van der Waals surface area contributed by atoms with Crippen LogP contribution in [0.5, 0.6) is 5.88 Å². The number of esters is 2. The van der Waals surface area contributed by atoms with Gasteiger partial charge in [-0.1, -0.05) is 18.2 Å². The Morgan fingerprint density at radius 3 is 2.39 bits per heavy atom. The second kappa shape index (κ2) is 10.1. The lowest BCUT2D eigenvalue weighted by molar-refractivity contribution is 0.0527. The quantitative estimate of drug-likeness (QED) is 0.399. The summed E-state index contributed by atoms with van der Waals surface area (Å²) in [6, 6.07) is 8.21. The fraction of sp³-hybridized carbons (Fsp3) is 0.227. The Morgan fingerprint density at radius 1 is 1.12 bits per heavy atom. The molecule has 0 amide bonds.